The van der Waals surface area contributed by atoms with E-state index in [0.29, 0.717) is 5.62 Å². The number of hydrogen-bond donors (Lipinski definition) is 1. The van der Waals surface area contributed by atoms with Crippen LogP contribution in [0.5, 0.6) is 0 Å². The maximum atomic E-state index is 5.33. The van der Waals surface area contributed by atoms with Gasteiger partial charge in [0.15, 0.2) is 0 Å². The zero-order chi connectivity index (χ0) is 6.69. The predicted molar refractivity (Wildman–Crippen MR) is 31.7 cm³/mol. The summed E-state index contributed by atoms with van der Waals surface area (Å²) in [6.07, 6.45) is 2.83. The van der Waals surface area contributed by atoms with Crippen LogP contribution in [0.3, 0.4) is 0 Å². The van der Waals surface area contributed by atoms with Crippen molar-refractivity contribution in [2.45, 2.75) is 0 Å². The number of nitrogen functional groups attached to an aromatic ring is 1. The first-order valence-electron chi connectivity index (χ1n) is 2.41. The molecule has 0 radical (unpaired) electrons. The van der Waals surface area contributed by atoms with Crippen molar-refractivity contribution in [1.29, 1.82) is 0 Å². The standard InChI is InChI=1S/C4H7N5/c1-6-4-8-2-7-3-9(4)5/h2-3H,5H2,1H3. The van der Waals surface area contributed by atoms with E-state index >= 15 is 0 Å². The monoisotopic (exact) mass is 125 g/mol. The second kappa shape index (κ2) is 2.25. The summed E-state index contributed by atoms with van der Waals surface area (Å²) in [6, 6.07) is 0. The first kappa shape index (κ1) is 5.74. The van der Waals surface area contributed by atoms with Gasteiger partial charge in [0.05, 0.1) is 0 Å². The fourth-order valence-corrected chi connectivity index (χ4v) is 0.478. The molecular weight excluding hydrogens is 118 g/mol. The minimum Gasteiger partial charge on any atom is -0.335 e. The van der Waals surface area contributed by atoms with Gasteiger partial charge in [-0.05, 0) is 0 Å². The fraction of sp³-hybridized carbons (Fsp3) is 0.250. The average molecular weight is 125 g/mol. The lowest BCUT2D eigenvalue weighted by Gasteiger charge is -1.92. The molecule has 5 nitrogen and oxygen atoms in total. The van der Waals surface area contributed by atoms with Crippen molar-refractivity contribution in [3.05, 3.63) is 18.3 Å². The Morgan fingerprint density at radius 3 is 3.00 bits per heavy atom. The maximum Gasteiger partial charge on any atom is 0.246 e. The van der Waals surface area contributed by atoms with Crippen LogP contribution in [0.2, 0.25) is 0 Å². The van der Waals surface area contributed by atoms with E-state index in [9.17, 15) is 0 Å². The Morgan fingerprint density at radius 1 is 1.78 bits per heavy atom. The van der Waals surface area contributed by atoms with E-state index in [1.54, 1.807) is 7.05 Å². The Kier molecular flexibility index (Phi) is 1.44. The highest BCUT2D eigenvalue weighted by atomic mass is 15.3. The topological polar surface area (TPSA) is 69.1 Å². The molecule has 0 aliphatic heterocycles. The van der Waals surface area contributed by atoms with Crippen LogP contribution in [0.25, 0.3) is 0 Å². The Bertz CT molecular complexity index is 249. The van der Waals surface area contributed by atoms with E-state index in [-0.39, 0.29) is 0 Å². The van der Waals surface area contributed by atoms with Crippen molar-refractivity contribution in [2.24, 2.45) is 4.99 Å². The van der Waals surface area contributed by atoms with Gasteiger partial charge in [-0.3, -0.25) is 4.99 Å². The third kappa shape index (κ3) is 1.04. The molecule has 2 N–H and O–H groups in total. The van der Waals surface area contributed by atoms with Gasteiger partial charge in [0, 0.05) is 7.05 Å². The van der Waals surface area contributed by atoms with Gasteiger partial charge in [-0.1, -0.05) is 0 Å². The molecule has 0 saturated carbocycles. The van der Waals surface area contributed by atoms with Crippen LogP contribution in [-0.4, -0.2) is 21.7 Å². The molecule has 0 unspecified atom stereocenters. The van der Waals surface area contributed by atoms with E-state index in [4.69, 9.17) is 5.84 Å². The minimum atomic E-state index is 0.463. The second-order valence-corrected chi connectivity index (χ2v) is 1.44. The van der Waals surface area contributed by atoms with Gasteiger partial charge in [-0.2, -0.15) is 4.98 Å². The summed E-state index contributed by atoms with van der Waals surface area (Å²) in [5.74, 6) is 5.33. The summed E-state index contributed by atoms with van der Waals surface area (Å²) in [5, 5.41) is 0. The van der Waals surface area contributed by atoms with Crippen LogP contribution in [0.1, 0.15) is 0 Å². The lowest BCUT2D eigenvalue weighted by Crippen LogP contribution is -2.30. The predicted octanol–water partition coefficient (Wildman–Crippen LogP) is -1.48. The van der Waals surface area contributed by atoms with Crippen molar-refractivity contribution >= 4 is 0 Å². The van der Waals surface area contributed by atoms with Crippen molar-refractivity contribution in [3.8, 4) is 0 Å². The van der Waals surface area contributed by atoms with Crippen LogP contribution in [0.4, 0.5) is 0 Å². The fourth-order valence-electron chi connectivity index (χ4n) is 0.478. The highest BCUT2D eigenvalue weighted by Gasteiger charge is 1.81. The smallest absolute Gasteiger partial charge is 0.246 e. The molecule has 1 heterocycles. The molecule has 1 rings (SSSR count). The Balaban J connectivity index is 3.33. The van der Waals surface area contributed by atoms with Gasteiger partial charge in [0.2, 0.25) is 5.62 Å². The molecule has 0 aliphatic carbocycles. The first-order chi connectivity index (χ1) is 4.34. The maximum absolute atomic E-state index is 5.33. The molecule has 0 spiro atoms. The summed E-state index contributed by atoms with van der Waals surface area (Å²) in [7, 11) is 1.62. The lowest BCUT2D eigenvalue weighted by molar-refractivity contribution is 0.785. The third-order valence-electron chi connectivity index (χ3n) is 0.862. The molecule has 0 amide bonds. The van der Waals surface area contributed by atoms with Gasteiger partial charge in [-0.25, -0.2) is 9.66 Å². The van der Waals surface area contributed by atoms with Crippen LogP contribution < -0.4 is 11.5 Å². The zero-order valence-corrected chi connectivity index (χ0v) is 5.02. The Labute approximate surface area is 51.9 Å². The van der Waals surface area contributed by atoms with E-state index in [1.165, 1.54) is 17.3 Å². The molecule has 5 heteroatoms. The van der Waals surface area contributed by atoms with Gasteiger partial charge in [-0.15, -0.1) is 0 Å². The van der Waals surface area contributed by atoms with Crippen LogP contribution in [0, 0.1) is 0 Å². The second-order valence-electron chi connectivity index (χ2n) is 1.44. The molecule has 0 aromatic carbocycles. The molecule has 0 saturated heterocycles. The van der Waals surface area contributed by atoms with E-state index in [0.717, 1.165) is 0 Å². The molecular formula is C4H7N5. The highest BCUT2D eigenvalue weighted by molar-refractivity contribution is 4.62. The van der Waals surface area contributed by atoms with E-state index in [1.807, 2.05) is 0 Å². The number of nitrogens with two attached hydrogens (primary N) is 1. The average Bonchev–Trinajstić information content (AvgIpc) is 1.89. The zero-order valence-electron chi connectivity index (χ0n) is 5.02. The molecule has 9 heavy (non-hydrogen) atoms. The normalized spacial score (nSPS) is 11.9. The van der Waals surface area contributed by atoms with E-state index in [2.05, 4.69) is 15.0 Å². The summed E-state index contributed by atoms with van der Waals surface area (Å²) in [6.45, 7) is 0. The van der Waals surface area contributed by atoms with Gasteiger partial charge < -0.3 is 5.84 Å². The van der Waals surface area contributed by atoms with Gasteiger partial charge >= 0.3 is 0 Å². The first-order valence-corrected chi connectivity index (χ1v) is 2.41. The number of aromatic nitrogens is 3. The molecule has 1 aromatic heterocycles. The van der Waals surface area contributed by atoms with Crippen LogP contribution in [-0.2, 0) is 0 Å². The number of nitrogens with zero attached hydrogens (tertiary/aromatic N) is 4. The molecule has 0 atom stereocenters. The Morgan fingerprint density at radius 2 is 2.56 bits per heavy atom. The van der Waals surface area contributed by atoms with Crippen molar-refractivity contribution in [3.63, 3.8) is 0 Å². The quantitative estimate of drug-likeness (QED) is 0.430. The largest absolute Gasteiger partial charge is 0.335 e. The van der Waals surface area contributed by atoms with Crippen molar-refractivity contribution in [1.82, 2.24) is 14.6 Å². The SMILES string of the molecule is CN=c1ncncn1N. The van der Waals surface area contributed by atoms with Crippen LogP contribution in [0.15, 0.2) is 17.6 Å². The molecule has 48 valence electrons. The summed E-state index contributed by atoms with van der Waals surface area (Å²) in [4.78, 5) is 11.2. The summed E-state index contributed by atoms with van der Waals surface area (Å²) >= 11 is 0. The van der Waals surface area contributed by atoms with Crippen molar-refractivity contribution in [2.75, 3.05) is 12.9 Å². The third-order valence-corrected chi connectivity index (χ3v) is 0.862. The van der Waals surface area contributed by atoms with Crippen molar-refractivity contribution < 1.29 is 0 Å². The highest BCUT2D eigenvalue weighted by Crippen LogP contribution is 1.58. The van der Waals surface area contributed by atoms with Gasteiger partial charge in [0.1, 0.15) is 12.7 Å². The molecule has 0 fully saturated rings. The lowest BCUT2D eigenvalue weighted by atomic mass is 11.0. The van der Waals surface area contributed by atoms with Crippen LogP contribution >= 0.6 is 0 Å². The molecule has 0 bridgehead atoms. The summed E-state index contributed by atoms with van der Waals surface area (Å²) in [5.41, 5.74) is 0.463. The Hall–Kier alpha value is -1.39. The van der Waals surface area contributed by atoms with E-state index < -0.39 is 0 Å². The number of hydrogen-bond acceptors (Lipinski definition) is 4. The molecule has 1 aromatic rings. The number of rotatable bonds is 0. The minimum absolute atomic E-state index is 0.463. The van der Waals surface area contributed by atoms with Gasteiger partial charge in [0.25, 0.3) is 0 Å². The summed E-state index contributed by atoms with van der Waals surface area (Å²) < 4.78 is 1.25. The molecule has 0 aliphatic rings.